The number of amides is 5. The van der Waals surface area contributed by atoms with Gasteiger partial charge in [-0.05, 0) is 42.5 Å². The van der Waals surface area contributed by atoms with E-state index in [-0.39, 0.29) is 24.7 Å². The third-order valence-electron chi connectivity index (χ3n) is 7.93. The molecule has 0 aromatic heterocycles. The summed E-state index contributed by atoms with van der Waals surface area (Å²) in [6, 6.07) is 8.84. The van der Waals surface area contributed by atoms with E-state index in [2.05, 4.69) is 16.0 Å². The molecule has 0 radical (unpaired) electrons. The third kappa shape index (κ3) is 9.10. The van der Waals surface area contributed by atoms with Crippen LogP contribution >= 0.6 is 0 Å². The zero-order chi connectivity index (χ0) is 33.4. The Morgan fingerprint density at radius 1 is 0.911 bits per heavy atom. The van der Waals surface area contributed by atoms with Gasteiger partial charge < -0.3 is 31.7 Å². The molecule has 5 amide bonds. The van der Waals surface area contributed by atoms with Crippen molar-refractivity contribution in [3.8, 4) is 0 Å². The molecule has 2 aromatic rings. The van der Waals surface area contributed by atoms with Gasteiger partial charge in [0.15, 0.2) is 5.78 Å². The summed E-state index contributed by atoms with van der Waals surface area (Å²) in [5, 5.41) is 18.6. The lowest BCUT2D eigenvalue weighted by Gasteiger charge is -2.30. The van der Waals surface area contributed by atoms with Gasteiger partial charge in [0.2, 0.25) is 29.5 Å². The van der Waals surface area contributed by atoms with E-state index in [1.165, 1.54) is 18.7 Å². The molecule has 1 saturated heterocycles. The van der Waals surface area contributed by atoms with Crippen molar-refractivity contribution in [1.82, 2.24) is 20.9 Å². The Labute approximate surface area is 261 Å². The zero-order valence-corrected chi connectivity index (χ0v) is 25.9. The number of hydrogen-bond acceptors (Lipinski definition) is 7. The van der Waals surface area contributed by atoms with Crippen LogP contribution in [0.15, 0.2) is 42.5 Å². The molecule has 0 bridgehead atoms. The molecule has 0 aliphatic carbocycles. The maximum Gasteiger partial charge on any atom is 0.303 e. The van der Waals surface area contributed by atoms with Gasteiger partial charge in [0.05, 0.1) is 18.9 Å². The van der Waals surface area contributed by atoms with Gasteiger partial charge in [-0.2, -0.15) is 0 Å². The number of carbonyl (C=O) groups excluding carboxylic acids is 6. The molecule has 1 aliphatic heterocycles. The number of ketones is 1. The van der Waals surface area contributed by atoms with Gasteiger partial charge in [-0.3, -0.25) is 33.6 Å². The van der Waals surface area contributed by atoms with Crippen LogP contribution in [0.5, 0.6) is 0 Å². The lowest BCUT2D eigenvalue weighted by molar-refractivity contribution is -0.143. The van der Waals surface area contributed by atoms with Crippen molar-refractivity contribution < 1.29 is 38.7 Å². The van der Waals surface area contributed by atoms with E-state index < -0.39 is 78.4 Å². The summed E-state index contributed by atoms with van der Waals surface area (Å²) in [5.41, 5.74) is 6.16. The van der Waals surface area contributed by atoms with Crippen molar-refractivity contribution in [3.63, 3.8) is 0 Å². The van der Waals surface area contributed by atoms with Crippen LogP contribution in [-0.4, -0.2) is 82.0 Å². The molecule has 2 aromatic carbocycles. The van der Waals surface area contributed by atoms with Crippen LogP contribution in [0, 0.1) is 5.92 Å². The molecule has 13 nitrogen and oxygen atoms in total. The second-order valence-electron chi connectivity index (χ2n) is 11.7. The molecule has 3 rings (SSSR count). The van der Waals surface area contributed by atoms with E-state index in [0.29, 0.717) is 6.42 Å². The van der Waals surface area contributed by atoms with Crippen molar-refractivity contribution >= 4 is 52.1 Å². The molecule has 5 atom stereocenters. The van der Waals surface area contributed by atoms with Crippen LogP contribution in [0.4, 0.5) is 0 Å². The predicted molar refractivity (Wildman–Crippen MR) is 164 cm³/mol. The first-order chi connectivity index (χ1) is 21.2. The number of hydrogen-bond donors (Lipinski definition) is 5. The minimum atomic E-state index is -1.48. The largest absolute Gasteiger partial charge is 0.481 e. The Bertz CT molecular complexity index is 1470. The van der Waals surface area contributed by atoms with Gasteiger partial charge in [-0.15, -0.1) is 0 Å². The third-order valence-corrected chi connectivity index (χ3v) is 7.93. The fraction of sp³-hybridized carbons (Fsp3) is 0.469. The normalized spacial score (nSPS) is 18.1. The van der Waals surface area contributed by atoms with Crippen LogP contribution in [-0.2, 0) is 33.6 Å². The van der Waals surface area contributed by atoms with Crippen molar-refractivity contribution in [2.45, 2.75) is 83.5 Å². The minimum absolute atomic E-state index is 0.172. The van der Waals surface area contributed by atoms with Gasteiger partial charge >= 0.3 is 5.97 Å². The summed E-state index contributed by atoms with van der Waals surface area (Å²) in [4.78, 5) is 89.3. The summed E-state index contributed by atoms with van der Waals surface area (Å²) >= 11 is 0. The van der Waals surface area contributed by atoms with E-state index in [0.717, 1.165) is 16.3 Å². The van der Waals surface area contributed by atoms with Crippen LogP contribution in [0.25, 0.3) is 10.8 Å². The summed E-state index contributed by atoms with van der Waals surface area (Å²) in [6.07, 6.45) is -0.933. The van der Waals surface area contributed by atoms with Crippen molar-refractivity contribution in [3.05, 3.63) is 48.0 Å². The number of fused-ring (bicyclic) bond motifs is 1. The smallest absolute Gasteiger partial charge is 0.303 e. The number of likely N-dealkylation sites (tertiary alicyclic amines) is 1. The predicted octanol–water partition coefficient (Wildman–Crippen LogP) is 0.984. The number of Topliss-reactive ketones (excluding diaryl/α,β-unsaturated/α-hetero) is 1. The van der Waals surface area contributed by atoms with Gasteiger partial charge in [-0.1, -0.05) is 56.3 Å². The molecule has 0 spiro atoms. The SMILES string of the molecule is CC(=O)C(NC(=O)C(C)NC(=O)C(CC(N)=O)NC(=O)C1C(c2ccc3ccccc3c2)CCN1C(=O)CCC(=O)O)C(C)C. The number of rotatable bonds is 14. The monoisotopic (exact) mass is 623 g/mol. The molecule has 242 valence electrons. The number of primary amides is 1. The number of carboxylic acid groups (broad SMARTS) is 1. The first kappa shape index (κ1) is 34.7. The molecule has 1 aliphatic rings. The summed E-state index contributed by atoms with van der Waals surface area (Å²) in [6.45, 7) is 6.43. The Kier molecular flexibility index (Phi) is 11.8. The number of carbonyl (C=O) groups is 7. The Morgan fingerprint density at radius 2 is 1.58 bits per heavy atom. The van der Waals surface area contributed by atoms with Crippen LogP contribution in [0.3, 0.4) is 0 Å². The molecular weight excluding hydrogens is 582 g/mol. The maximum absolute atomic E-state index is 13.9. The van der Waals surface area contributed by atoms with Crippen molar-refractivity contribution in [2.75, 3.05) is 6.54 Å². The van der Waals surface area contributed by atoms with Crippen molar-refractivity contribution in [2.24, 2.45) is 11.7 Å². The molecule has 0 saturated carbocycles. The standard InChI is InChI=1S/C32H41N5O8/c1-17(2)28(19(4)38)36-30(43)18(3)34-31(44)24(16-25(33)39)35-32(45)29-23(13-14-37(29)26(40)11-12-27(41)42)22-10-9-20-7-5-6-8-21(20)15-22/h5-10,15,17-18,23-24,28-29H,11-14,16H2,1-4H3,(H2,33,39)(H,34,44)(H,35,45)(H,36,43)(H,41,42). The quantitative estimate of drug-likeness (QED) is 0.205. The molecular formula is C32H41N5O8. The van der Waals surface area contributed by atoms with Gasteiger partial charge in [0.1, 0.15) is 18.1 Å². The van der Waals surface area contributed by atoms with Crippen LogP contribution in [0.1, 0.15) is 64.9 Å². The average molecular weight is 624 g/mol. The highest BCUT2D eigenvalue weighted by Gasteiger charge is 2.43. The van der Waals surface area contributed by atoms with E-state index in [1.807, 2.05) is 42.5 Å². The van der Waals surface area contributed by atoms with Gasteiger partial charge in [0.25, 0.3) is 0 Å². The number of aliphatic carboxylic acids is 1. The van der Waals surface area contributed by atoms with Crippen LogP contribution in [0.2, 0.25) is 0 Å². The van der Waals surface area contributed by atoms with E-state index in [1.54, 1.807) is 13.8 Å². The second-order valence-corrected chi connectivity index (χ2v) is 11.7. The average Bonchev–Trinajstić information content (AvgIpc) is 3.42. The highest BCUT2D eigenvalue weighted by molar-refractivity contribution is 5.98. The highest BCUT2D eigenvalue weighted by atomic mass is 16.4. The number of nitrogens with zero attached hydrogens (tertiary/aromatic N) is 1. The van der Waals surface area contributed by atoms with Crippen LogP contribution < -0.4 is 21.7 Å². The number of nitrogens with one attached hydrogen (secondary N) is 3. The molecule has 1 heterocycles. The lowest BCUT2D eigenvalue weighted by atomic mass is 9.89. The van der Waals surface area contributed by atoms with Gasteiger partial charge in [0, 0.05) is 18.9 Å². The first-order valence-electron chi connectivity index (χ1n) is 14.9. The zero-order valence-electron chi connectivity index (χ0n) is 25.9. The second kappa shape index (κ2) is 15.3. The number of benzene rings is 2. The van der Waals surface area contributed by atoms with Crippen molar-refractivity contribution in [1.29, 1.82) is 0 Å². The number of carboxylic acids is 1. The summed E-state index contributed by atoms with van der Waals surface area (Å²) < 4.78 is 0. The highest BCUT2D eigenvalue weighted by Crippen LogP contribution is 2.36. The van der Waals surface area contributed by atoms with E-state index in [4.69, 9.17) is 10.8 Å². The summed E-state index contributed by atoms with van der Waals surface area (Å²) in [5.74, 6) is -5.76. The molecule has 45 heavy (non-hydrogen) atoms. The summed E-state index contributed by atoms with van der Waals surface area (Å²) in [7, 11) is 0. The fourth-order valence-corrected chi connectivity index (χ4v) is 5.60. The topological polar surface area (TPSA) is 205 Å². The Morgan fingerprint density at radius 3 is 2.18 bits per heavy atom. The van der Waals surface area contributed by atoms with E-state index in [9.17, 15) is 33.6 Å². The lowest BCUT2D eigenvalue weighted by Crippen LogP contribution is -2.58. The van der Waals surface area contributed by atoms with E-state index >= 15 is 0 Å². The maximum atomic E-state index is 13.9. The number of nitrogens with two attached hydrogens (primary N) is 1. The molecule has 13 heteroatoms. The molecule has 5 unspecified atom stereocenters. The first-order valence-corrected chi connectivity index (χ1v) is 14.9. The minimum Gasteiger partial charge on any atom is -0.481 e. The Balaban J connectivity index is 1.86. The molecule has 6 N–H and O–H groups in total. The fourth-order valence-electron chi connectivity index (χ4n) is 5.60. The van der Waals surface area contributed by atoms with Gasteiger partial charge in [-0.25, -0.2) is 0 Å². The molecule has 1 fully saturated rings. The Hall–Kier alpha value is -4.81.